The van der Waals surface area contributed by atoms with Crippen LogP contribution in [0, 0.1) is 0 Å². The fourth-order valence-corrected chi connectivity index (χ4v) is 2.66. The number of nitrogens with zero attached hydrogens (tertiary/aromatic N) is 2. The lowest BCUT2D eigenvalue weighted by molar-refractivity contribution is 0.102. The Morgan fingerprint density at radius 2 is 1.84 bits per heavy atom. The zero-order valence-corrected chi connectivity index (χ0v) is 13.7. The molecule has 5 nitrogen and oxygen atoms in total. The standard InChI is InChI=1S/C19H12ClN3O2/c20-15-4-2-1-3-14(15)18(24)22-13-7-5-12(6-8-13)19-23-16-11-21-10-9-17(16)25-19/h1-11H,(H,22,24). The van der Waals surface area contributed by atoms with Crippen LogP contribution in [-0.4, -0.2) is 15.9 Å². The van der Waals surface area contributed by atoms with Crippen molar-refractivity contribution in [2.45, 2.75) is 0 Å². The Bertz CT molecular complexity index is 1020. The summed E-state index contributed by atoms with van der Waals surface area (Å²) in [5.74, 6) is 0.248. The summed E-state index contributed by atoms with van der Waals surface area (Å²) in [6.45, 7) is 0. The number of rotatable bonds is 3. The third kappa shape index (κ3) is 3.09. The number of fused-ring (bicyclic) bond motifs is 1. The van der Waals surface area contributed by atoms with Crippen LogP contribution >= 0.6 is 11.6 Å². The summed E-state index contributed by atoms with van der Waals surface area (Å²) in [5, 5.41) is 3.23. The Hall–Kier alpha value is -3.18. The molecule has 4 aromatic rings. The van der Waals surface area contributed by atoms with Crippen molar-refractivity contribution < 1.29 is 9.21 Å². The zero-order valence-electron chi connectivity index (χ0n) is 12.9. The summed E-state index contributed by atoms with van der Waals surface area (Å²) >= 11 is 6.04. The van der Waals surface area contributed by atoms with Crippen LogP contribution in [0.4, 0.5) is 5.69 Å². The predicted molar refractivity (Wildman–Crippen MR) is 96.6 cm³/mol. The molecule has 2 heterocycles. The molecule has 0 spiro atoms. The molecule has 6 heteroatoms. The van der Waals surface area contributed by atoms with Gasteiger partial charge in [-0.15, -0.1) is 0 Å². The Kier molecular flexibility index (Phi) is 3.91. The fourth-order valence-electron chi connectivity index (χ4n) is 2.44. The van der Waals surface area contributed by atoms with Crippen molar-refractivity contribution in [3.63, 3.8) is 0 Å². The van der Waals surface area contributed by atoms with Crippen LogP contribution in [0.15, 0.2) is 71.4 Å². The van der Waals surface area contributed by atoms with Gasteiger partial charge in [0.15, 0.2) is 5.58 Å². The largest absolute Gasteiger partial charge is 0.436 e. The fraction of sp³-hybridized carbons (Fsp3) is 0. The summed E-state index contributed by atoms with van der Waals surface area (Å²) in [4.78, 5) is 20.7. The van der Waals surface area contributed by atoms with Crippen molar-refractivity contribution in [1.29, 1.82) is 0 Å². The lowest BCUT2D eigenvalue weighted by Gasteiger charge is -2.07. The van der Waals surface area contributed by atoms with E-state index < -0.39 is 0 Å². The average Bonchev–Trinajstić information content (AvgIpc) is 3.07. The summed E-state index contributed by atoms with van der Waals surface area (Å²) in [7, 11) is 0. The molecule has 0 aliphatic rings. The van der Waals surface area contributed by atoms with Crippen LogP contribution in [0.1, 0.15) is 10.4 Å². The lowest BCUT2D eigenvalue weighted by Crippen LogP contribution is -2.12. The zero-order chi connectivity index (χ0) is 17.2. The smallest absolute Gasteiger partial charge is 0.257 e. The van der Waals surface area contributed by atoms with Gasteiger partial charge in [-0.25, -0.2) is 4.98 Å². The van der Waals surface area contributed by atoms with Crippen molar-refractivity contribution in [3.05, 3.63) is 77.6 Å². The second kappa shape index (κ2) is 6.37. The minimum absolute atomic E-state index is 0.258. The first-order valence-electron chi connectivity index (χ1n) is 7.57. The van der Waals surface area contributed by atoms with Gasteiger partial charge in [-0.05, 0) is 36.4 Å². The van der Waals surface area contributed by atoms with Gasteiger partial charge in [0.05, 0.1) is 16.8 Å². The SMILES string of the molecule is O=C(Nc1ccc(-c2nc3cnccc3o2)cc1)c1ccccc1Cl. The maximum Gasteiger partial charge on any atom is 0.257 e. The molecule has 0 fully saturated rings. The number of anilines is 1. The third-order valence-corrected chi connectivity index (χ3v) is 4.03. The number of carbonyl (C=O) groups excluding carboxylic acids is 1. The van der Waals surface area contributed by atoms with Crippen molar-refractivity contribution >= 4 is 34.3 Å². The van der Waals surface area contributed by atoms with Crippen molar-refractivity contribution in [2.75, 3.05) is 5.32 Å². The van der Waals surface area contributed by atoms with E-state index >= 15 is 0 Å². The minimum Gasteiger partial charge on any atom is -0.436 e. The van der Waals surface area contributed by atoms with Crippen LogP contribution in [0.5, 0.6) is 0 Å². The molecule has 122 valence electrons. The third-order valence-electron chi connectivity index (χ3n) is 3.70. The van der Waals surface area contributed by atoms with Crippen LogP contribution in [0.2, 0.25) is 5.02 Å². The number of amides is 1. The quantitative estimate of drug-likeness (QED) is 0.577. The monoisotopic (exact) mass is 349 g/mol. The van der Waals surface area contributed by atoms with Gasteiger partial charge in [-0.3, -0.25) is 9.78 Å². The predicted octanol–water partition coefficient (Wildman–Crippen LogP) is 4.80. The molecular weight excluding hydrogens is 338 g/mol. The summed E-state index contributed by atoms with van der Waals surface area (Å²) < 4.78 is 5.70. The Morgan fingerprint density at radius 3 is 2.60 bits per heavy atom. The van der Waals surface area contributed by atoms with Crippen LogP contribution in [0.25, 0.3) is 22.6 Å². The number of halogens is 1. The Labute approximate surface area is 148 Å². The van der Waals surface area contributed by atoms with Crippen LogP contribution in [0.3, 0.4) is 0 Å². The lowest BCUT2D eigenvalue weighted by atomic mass is 10.2. The summed E-state index contributed by atoms with van der Waals surface area (Å²) in [6, 6.07) is 15.9. The van der Waals surface area contributed by atoms with E-state index in [0.717, 1.165) is 5.56 Å². The molecule has 25 heavy (non-hydrogen) atoms. The molecule has 4 rings (SSSR count). The number of nitrogens with one attached hydrogen (secondary N) is 1. The van der Waals surface area contributed by atoms with E-state index in [4.69, 9.17) is 16.0 Å². The molecule has 0 saturated heterocycles. The van der Waals surface area contributed by atoms with Gasteiger partial charge in [0.25, 0.3) is 5.91 Å². The van der Waals surface area contributed by atoms with Gasteiger partial charge in [0.2, 0.25) is 5.89 Å². The molecule has 0 unspecified atom stereocenters. The highest BCUT2D eigenvalue weighted by Crippen LogP contribution is 2.25. The number of carbonyl (C=O) groups is 1. The maximum absolute atomic E-state index is 12.3. The van der Waals surface area contributed by atoms with E-state index in [9.17, 15) is 4.79 Å². The summed E-state index contributed by atoms with van der Waals surface area (Å²) in [5.41, 5.74) is 3.28. The van der Waals surface area contributed by atoms with E-state index in [2.05, 4.69) is 15.3 Å². The van der Waals surface area contributed by atoms with E-state index in [0.29, 0.717) is 33.3 Å². The van der Waals surface area contributed by atoms with E-state index in [1.807, 2.05) is 12.1 Å². The highest BCUT2D eigenvalue weighted by atomic mass is 35.5. The molecule has 0 radical (unpaired) electrons. The van der Waals surface area contributed by atoms with E-state index in [1.54, 1.807) is 54.9 Å². The van der Waals surface area contributed by atoms with Crippen molar-refractivity contribution in [3.8, 4) is 11.5 Å². The second-order valence-corrected chi connectivity index (χ2v) is 5.78. The highest BCUT2D eigenvalue weighted by Gasteiger charge is 2.11. The number of pyridine rings is 1. The molecule has 0 bridgehead atoms. The van der Waals surface area contributed by atoms with Crippen molar-refractivity contribution in [2.24, 2.45) is 0 Å². The molecule has 0 aliphatic carbocycles. The number of benzene rings is 2. The molecule has 1 N–H and O–H groups in total. The first-order valence-corrected chi connectivity index (χ1v) is 7.95. The minimum atomic E-state index is -0.258. The average molecular weight is 350 g/mol. The van der Waals surface area contributed by atoms with Gasteiger partial charge in [0, 0.05) is 23.5 Å². The Morgan fingerprint density at radius 1 is 1.04 bits per heavy atom. The van der Waals surface area contributed by atoms with Gasteiger partial charge in [0.1, 0.15) is 5.52 Å². The van der Waals surface area contributed by atoms with Gasteiger partial charge >= 0.3 is 0 Å². The van der Waals surface area contributed by atoms with Gasteiger partial charge < -0.3 is 9.73 Å². The van der Waals surface area contributed by atoms with E-state index in [1.165, 1.54) is 0 Å². The van der Waals surface area contributed by atoms with E-state index in [-0.39, 0.29) is 5.91 Å². The number of hydrogen-bond acceptors (Lipinski definition) is 4. The Balaban J connectivity index is 1.56. The number of hydrogen-bond donors (Lipinski definition) is 1. The van der Waals surface area contributed by atoms with Gasteiger partial charge in [-0.2, -0.15) is 0 Å². The highest BCUT2D eigenvalue weighted by molar-refractivity contribution is 6.34. The molecule has 0 saturated carbocycles. The molecule has 0 atom stereocenters. The van der Waals surface area contributed by atoms with Crippen LogP contribution < -0.4 is 5.32 Å². The maximum atomic E-state index is 12.3. The van der Waals surface area contributed by atoms with Crippen LogP contribution in [-0.2, 0) is 0 Å². The summed E-state index contributed by atoms with van der Waals surface area (Å²) in [6.07, 6.45) is 3.31. The normalized spacial score (nSPS) is 10.8. The molecular formula is C19H12ClN3O2. The number of oxazole rings is 1. The molecule has 0 aliphatic heterocycles. The molecule has 2 aromatic carbocycles. The number of aromatic nitrogens is 2. The molecule has 2 aromatic heterocycles. The second-order valence-electron chi connectivity index (χ2n) is 5.37. The first-order chi connectivity index (χ1) is 12.2. The van der Waals surface area contributed by atoms with Crippen molar-refractivity contribution in [1.82, 2.24) is 9.97 Å². The first kappa shape index (κ1) is 15.4. The molecule has 1 amide bonds. The topological polar surface area (TPSA) is 68.0 Å². The van der Waals surface area contributed by atoms with Gasteiger partial charge in [-0.1, -0.05) is 23.7 Å².